The van der Waals surface area contributed by atoms with E-state index in [1.165, 1.54) is 43.5 Å². The van der Waals surface area contributed by atoms with E-state index in [0.717, 1.165) is 29.8 Å². The molecule has 0 amide bonds. The molecule has 0 radical (unpaired) electrons. The minimum atomic E-state index is -0.478. The standard InChI is InChI=1S/C26H31N2O5S/c1-17-23(34-16-27(17)14-22(29)20-3-5-21(6-4-20)28(31)32)7-8-33-24(30)26-12-18-9-19(13-26)11-25(2,10-18)15-26/h3-6,16,18-19H,7-15H2,1-2H3/q+1. The third kappa shape index (κ3) is 4.28. The van der Waals surface area contributed by atoms with Crippen LogP contribution >= 0.6 is 11.3 Å². The minimum absolute atomic E-state index is 0.00302. The summed E-state index contributed by atoms with van der Waals surface area (Å²) in [4.78, 5) is 37.2. The summed E-state index contributed by atoms with van der Waals surface area (Å²) < 4.78 is 7.75. The zero-order valence-electron chi connectivity index (χ0n) is 19.7. The van der Waals surface area contributed by atoms with Crippen LogP contribution in [0.5, 0.6) is 0 Å². The summed E-state index contributed by atoms with van der Waals surface area (Å²) in [6.07, 6.45) is 7.45. The van der Waals surface area contributed by atoms with Crippen LogP contribution in [0, 0.1) is 39.7 Å². The molecule has 4 aliphatic carbocycles. The van der Waals surface area contributed by atoms with E-state index in [9.17, 15) is 19.7 Å². The van der Waals surface area contributed by atoms with Crippen molar-refractivity contribution < 1.29 is 23.8 Å². The molecule has 1 aromatic carbocycles. The van der Waals surface area contributed by atoms with E-state index in [1.54, 1.807) is 11.3 Å². The van der Waals surface area contributed by atoms with Crippen molar-refractivity contribution in [3.63, 3.8) is 0 Å². The molecule has 0 N–H and O–H groups in total. The number of hydrogen-bond acceptors (Lipinski definition) is 6. The number of benzene rings is 1. The lowest BCUT2D eigenvalue weighted by atomic mass is 9.44. The predicted molar refractivity (Wildman–Crippen MR) is 127 cm³/mol. The highest BCUT2D eigenvalue weighted by Gasteiger charge is 2.59. The van der Waals surface area contributed by atoms with Crippen LogP contribution in [0.25, 0.3) is 0 Å². The Hall–Kier alpha value is -2.61. The number of aromatic nitrogens is 1. The number of carbonyl (C=O) groups excluding carboxylic acids is 2. The second-order valence-electron chi connectivity index (χ2n) is 11.0. The molecule has 2 aromatic rings. The number of esters is 1. The van der Waals surface area contributed by atoms with Gasteiger partial charge in [0.15, 0.2) is 5.69 Å². The Kier molecular flexibility index (Phi) is 5.82. The molecule has 0 spiro atoms. The number of nitro benzene ring substituents is 1. The minimum Gasteiger partial charge on any atom is -0.465 e. The summed E-state index contributed by atoms with van der Waals surface area (Å²) in [7, 11) is 0. The summed E-state index contributed by atoms with van der Waals surface area (Å²) in [5.74, 6) is 1.27. The van der Waals surface area contributed by atoms with E-state index in [-0.39, 0.29) is 29.4 Å². The first-order valence-electron chi connectivity index (χ1n) is 12.1. The van der Waals surface area contributed by atoms with Gasteiger partial charge in [-0.05, 0) is 67.9 Å². The Balaban J connectivity index is 1.17. The number of ketones is 1. The lowest BCUT2D eigenvalue weighted by Crippen LogP contribution is -2.54. The largest absolute Gasteiger partial charge is 0.465 e. The third-order valence-electron chi connectivity index (χ3n) is 8.22. The molecule has 34 heavy (non-hydrogen) atoms. The van der Waals surface area contributed by atoms with Crippen molar-refractivity contribution in [3.8, 4) is 0 Å². The summed E-state index contributed by atoms with van der Waals surface area (Å²) in [5.41, 5.74) is 3.36. The van der Waals surface area contributed by atoms with Gasteiger partial charge in [0.05, 0.1) is 21.8 Å². The molecule has 4 fully saturated rings. The zero-order valence-corrected chi connectivity index (χ0v) is 20.6. The van der Waals surface area contributed by atoms with Gasteiger partial charge in [0.1, 0.15) is 0 Å². The number of nitrogens with zero attached hydrogens (tertiary/aromatic N) is 2. The van der Waals surface area contributed by atoms with Crippen LogP contribution in [0.3, 0.4) is 0 Å². The lowest BCUT2D eigenvalue weighted by molar-refractivity contribution is -0.684. The molecule has 1 heterocycles. The van der Waals surface area contributed by atoms with Gasteiger partial charge < -0.3 is 4.74 Å². The van der Waals surface area contributed by atoms with E-state index in [2.05, 4.69) is 6.92 Å². The fourth-order valence-electron chi connectivity index (χ4n) is 7.21. The van der Waals surface area contributed by atoms with Crippen LogP contribution in [0.1, 0.15) is 66.4 Å². The SMILES string of the molecule is Cc1c(CCOC(=O)C23CC4CC(CC(C)(C4)C2)C3)sc[n+]1CC(=O)c1ccc([N+](=O)[O-])cc1. The Morgan fingerprint density at radius 3 is 2.47 bits per heavy atom. The van der Waals surface area contributed by atoms with Gasteiger partial charge in [-0.25, -0.2) is 0 Å². The number of ether oxygens (including phenoxy) is 1. The molecular weight excluding hydrogens is 452 g/mol. The van der Waals surface area contributed by atoms with Crippen molar-refractivity contribution in [1.82, 2.24) is 0 Å². The molecule has 4 saturated carbocycles. The highest BCUT2D eigenvalue weighted by Crippen LogP contribution is 2.65. The summed E-state index contributed by atoms with van der Waals surface area (Å²) >= 11 is 1.56. The van der Waals surface area contributed by atoms with Crippen LogP contribution in [-0.2, 0) is 22.5 Å². The molecular formula is C26H31N2O5S+. The highest BCUT2D eigenvalue weighted by atomic mass is 32.1. The molecule has 8 heteroatoms. The molecule has 1 aromatic heterocycles. The van der Waals surface area contributed by atoms with E-state index in [0.29, 0.717) is 35.8 Å². The number of carbonyl (C=O) groups is 2. The van der Waals surface area contributed by atoms with Gasteiger partial charge in [0.2, 0.25) is 17.8 Å². The monoisotopic (exact) mass is 483 g/mol. The Bertz CT molecular complexity index is 1120. The highest BCUT2D eigenvalue weighted by molar-refractivity contribution is 7.09. The molecule has 2 atom stereocenters. The molecule has 180 valence electrons. The average Bonchev–Trinajstić information content (AvgIpc) is 3.11. The van der Waals surface area contributed by atoms with Gasteiger partial charge in [-0.15, -0.1) is 0 Å². The molecule has 2 unspecified atom stereocenters. The Labute approximate surface area is 203 Å². The quantitative estimate of drug-likeness (QED) is 0.176. The Morgan fingerprint density at radius 1 is 1.18 bits per heavy atom. The number of thiazole rings is 1. The van der Waals surface area contributed by atoms with Crippen LogP contribution < -0.4 is 4.57 Å². The smallest absolute Gasteiger partial charge is 0.312 e. The number of rotatable bonds is 8. The fourth-order valence-corrected chi connectivity index (χ4v) is 8.19. The van der Waals surface area contributed by atoms with Crippen molar-refractivity contribution >= 4 is 28.8 Å². The number of hydrogen-bond donors (Lipinski definition) is 0. The molecule has 0 aliphatic heterocycles. The maximum absolute atomic E-state index is 13.2. The molecule has 4 aliphatic rings. The molecule has 6 rings (SSSR count). The van der Waals surface area contributed by atoms with Crippen LogP contribution in [0.4, 0.5) is 5.69 Å². The van der Waals surface area contributed by atoms with Gasteiger partial charge in [0.25, 0.3) is 5.69 Å². The zero-order chi connectivity index (χ0) is 24.1. The first kappa shape index (κ1) is 23.1. The van der Waals surface area contributed by atoms with Gasteiger partial charge >= 0.3 is 5.97 Å². The van der Waals surface area contributed by atoms with Gasteiger partial charge in [-0.1, -0.05) is 18.3 Å². The molecule has 7 nitrogen and oxygen atoms in total. The number of Topliss-reactive ketones (excluding diaryl/α,β-unsaturated/α-hetero) is 1. The topological polar surface area (TPSA) is 90.4 Å². The van der Waals surface area contributed by atoms with Crippen molar-refractivity contribution in [2.45, 2.75) is 65.3 Å². The normalized spacial score (nSPS) is 29.2. The van der Waals surface area contributed by atoms with Crippen LogP contribution in [-0.4, -0.2) is 23.3 Å². The third-order valence-corrected chi connectivity index (χ3v) is 9.36. The molecule has 4 bridgehead atoms. The summed E-state index contributed by atoms with van der Waals surface area (Å²) in [6, 6.07) is 5.69. The number of non-ortho nitro benzene ring substituents is 1. The van der Waals surface area contributed by atoms with Crippen molar-refractivity contribution in [2.24, 2.45) is 22.7 Å². The second-order valence-corrected chi connectivity index (χ2v) is 12.0. The van der Waals surface area contributed by atoms with E-state index in [4.69, 9.17) is 4.74 Å². The first-order valence-corrected chi connectivity index (χ1v) is 13.0. The van der Waals surface area contributed by atoms with Crippen molar-refractivity contribution in [2.75, 3.05) is 6.61 Å². The predicted octanol–water partition coefficient (Wildman–Crippen LogP) is 4.83. The van der Waals surface area contributed by atoms with Crippen molar-refractivity contribution in [3.05, 3.63) is 56.0 Å². The number of nitro groups is 1. The Morgan fingerprint density at radius 2 is 1.85 bits per heavy atom. The maximum Gasteiger partial charge on any atom is 0.312 e. The fraction of sp³-hybridized carbons (Fsp3) is 0.577. The van der Waals surface area contributed by atoms with Gasteiger partial charge in [-0.3, -0.25) is 19.7 Å². The van der Waals surface area contributed by atoms with E-state index >= 15 is 0 Å². The lowest BCUT2D eigenvalue weighted by Gasteiger charge is -2.59. The summed E-state index contributed by atoms with van der Waals surface area (Å²) in [5, 5.41) is 10.8. The van der Waals surface area contributed by atoms with E-state index in [1.807, 2.05) is 17.0 Å². The maximum atomic E-state index is 13.2. The van der Waals surface area contributed by atoms with Crippen LogP contribution in [0.15, 0.2) is 29.8 Å². The van der Waals surface area contributed by atoms with Crippen LogP contribution in [0.2, 0.25) is 0 Å². The van der Waals surface area contributed by atoms with Gasteiger partial charge in [-0.2, -0.15) is 4.57 Å². The molecule has 0 saturated heterocycles. The first-order chi connectivity index (χ1) is 16.2. The van der Waals surface area contributed by atoms with E-state index < -0.39 is 4.92 Å². The second kappa shape index (κ2) is 8.56. The average molecular weight is 484 g/mol. The van der Waals surface area contributed by atoms with Crippen molar-refractivity contribution in [1.29, 1.82) is 0 Å². The van der Waals surface area contributed by atoms with Gasteiger partial charge in [0, 0.05) is 31.0 Å². The summed E-state index contributed by atoms with van der Waals surface area (Å²) in [6.45, 7) is 4.86.